The lowest BCUT2D eigenvalue weighted by Gasteiger charge is -2.28. The maximum Gasteiger partial charge on any atom is 0.164 e. The molecule has 0 N–H and O–H groups in total. The SMILES string of the molecule is Cc1cc2c3cc(C)c(C)cc3n(-c3cc(N(c4ccc(-c5ccncc5)cc4)c4ccc(-c5nc(-c6ccccc6)nc(-c6ccccc6)n5)cc4)cc(-n4c5cc(C)c(C)cc5c5cc(C)c(C)cc54)c3)c2cc1C. The second-order valence-corrected chi connectivity index (χ2v) is 20.9. The number of nitrogens with zero attached hydrogens (tertiary/aromatic N) is 7. The van der Waals surface area contributed by atoms with E-state index in [1.54, 1.807) is 0 Å². The van der Waals surface area contributed by atoms with E-state index < -0.39 is 0 Å². The molecular weight excluding hydrogens is 939 g/mol. The van der Waals surface area contributed by atoms with E-state index in [-0.39, 0.29) is 0 Å². The molecule has 0 bridgehead atoms. The number of aromatic nitrogens is 6. The van der Waals surface area contributed by atoms with E-state index in [9.17, 15) is 0 Å². The highest BCUT2D eigenvalue weighted by Gasteiger charge is 2.23. The molecule has 7 nitrogen and oxygen atoms in total. The van der Waals surface area contributed by atoms with Crippen LogP contribution in [0.3, 0.4) is 0 Å². The molecule has 13 aromatic rings. The third-order valence-electron chi connectivity index (χ3n) is 15.9. The third-order valence-corrected chi connectivity index (χ3v) is 15.9. The van der Waals surface area contributed by atoms with Crippen LogP contribution in [0.15, 0.2) is 200 Å². The Morgan fingerprint density at radius 2 is 0.597 bits per heavy atom. The molecule has 0 aliphatic heterocycles. The van der Waals surface area contributed by atoms with Gasteiger partial charge in [0.2, 0.25) is 0 Å². The zero-order chi connectivity index (χ0) is 52.6. The fourth-order valence-electron chi connectivity index (χ4n) is 11.1. The molecule has 0 aliphatic rings. The molecule has 0 spiro atoms. The molecule has 0 radical (unpaired) electrons. The molecule has 0 amide bonds. The van der Waals surface area contributed by atoms with Crippen LogP contribution in [0.5, 0.6) is 0 Å². The lowest BCUT2D eigenvalue weighted by atomic mass is 10.0. The van der Waals surface area contributed by atoms with Crippen molar-refractivity contribution in [2.24, 2.45) is 0 Å². The van der Waals surface area contributed by atoms with Crippen LogP contribution in [0.1, 0.15) is 44.5 Å². The summed E-state index contributed by atoms with van der Waals surface area (Å²) in [4.78, 5) is 21.9. The number of pyridine rings is 1. The highest BCUT2D eigenvalue weighted by molar-refractivity contribution is 6.12. The first-order chi connectivity index (χ1) is 37.4. The van der Waals surface area contributed by atoms with Crippen molar-refractivity contribution < 1.29 is 0 Å². The summed E-state index contributed by atoms with van der Waals surface area (Å²) < 4.78 is 5.00. The molecule has 0 fully saturated rings. The predicted molar refractivity (Wildman–Crippen MR) is 321 cm³/mol. The van der Waals surface area contributed by atoms with Gasteiger partial charge in [-0.25, -0.2) is 15.0 Å². The number of benzene rings is 9. The Kier molecular flexibility index (Phi) is 11.5. The third kappa shape index (κ3) is 8.32. The summed E-state index contributed by atoms with van der Waals surface area (Å²) in [5, 5.41) is 4.98. The second kappa shape index (κ2) is 18.7. The fraction of sp³-hybridized carbons (Fsp3) is 0.114. The Labute approximate surface area is 449 Å². The molecule has 0 saturated carbocycles. The first-order valence-electron chi connectivity index (χ1n) is 26.4. The average Bonchev–Trinajstić information content (AvgIpc) is 4.14. The molecule has 0 saturated heterocycles. The minimum Gasteiger partial charge on any atom is -0.310 e. The maximum atomic E-state index is 5.11. The average molecular weight is 996 g/mol. The van der Waals surface area contributed by atoms with Gasteiger partial charge in [0, 0.05) is 62.0 Å². The number of fused-ring (bicyclic) bond motifs is 6. The minimum absolute atomic E-state index is 0.603. The largest absolute Gasteiger partial charge is 0.310 e. The number of aryl methyl sites for hydroxylation is 8. The van der Waals surface area contributed by atoms with Crippen molar-refractivity contribution in [1.82, 2.24) is 29.1 Å². The van der Waals surface area contributed by atoms with Gasteiger partial charge in [0.1, 0.15) is 0 Å². The Morgan fingerprint density at radius 3 is 0.961 bits per heavy atom. The van der Waals surface area contributed by atoms with Crippen LogP contribution in [-0.4, -0.2) is 29.1 Å². The van der Waals surface area contributed by atoms with Crippen molar-refractivity contribution >= 4 is 60.7 Å². The Morgan fingerprint density at radius 1 is 0.286 bits per heavy atom. The van der Waals surface area contributed by atoms with E-state index in [4.69, 9.17) is 15.0 Å². The minimum atomic E-state index is 0.603. The van der Waals surface area contributed by atoms with Gasteiger partial charge in [-0.15, -0.1) is 0 Å². The quantitative estimate of drug-likeness (QED) is 0.144. The summed E-state index contributed by atoms with van der Waals surface area (Å²) >= 11 is 0. The maximum absolute atomic E-state index is 5.11. The normalized spacial score (nSPS) is 11.6. The van der Waals surface area contributed by atoms with Gasteiger partial charge in [0.15, 0.2) is 17.5 Å². The number of hydrogen-bond acceptors (Lipinski definition) is 5. The standard InChI is InChI=1S/C70H57N7/c1-42-31-60-61-32-43(2)47(6)36-65(61)76(64(60)35-46(42)5)58-39-57(40-59(41-58)77-66-37-48(7)44(3)33-62(66)63-34-45(4)49(8)38-67(63)77)75(55-23-19-50(20-24-55)51-27-29-71-30-28-51)56-25-21-54(22-26-56)70-73-68(52-15-11-9-12-16-52)72-69(74-70)53-17-13-10-14-18-53/h9-41H,1-8H3. The van der Waals surface area contributed by atoms with E-state index in [0.717, 1.165) is 56.3 Å². The Balaban J connectivity index is 1.08. The Hall–Kier alpha value is -9.46. The van der Waals surface area contributed by atoms with Crippen LogP contribution >= 0.6 is 0 Å². The van der Waals surface area contributed by atoms with Gasteiger partial charge in [-0.3, -0.25) is 4.98 Å². The highest BCUT2D eigenvalue weighted by Crippen LogP contribution is 2.44. The predicted octanol–water partition coefficient (Wildman–Crippen LogP) is 18.1. The van der Waals surface area contributed by atoms with Crippen molar-refractivity contribution in [2.75, 3.05) is 4.90 Å². The first kappa shape index (κ1) is 47.3. The van der Waals surface area contributed by atoms with E-state index >= 15 is 0 Å². The van der Waals surface area contributed by atoms with E-state index in [1.165, 1.54) is 88.1 Å². The van der Waals surface area contributed by atoms with Gasteiger partial charge in [-0.2, -0.15) is 0 Å². The number of rotatable bonds is 9. The second-order valence-electron chi connectivity index (χ2n) is 20.9. The van der Waals surface area contributed by atoms with Gasteiger partial charge in [0.25, 0.3) is 0 Å². The molecule has 0 aliphatic carbocycles. The van der Waals surface area contributed by atoms with Gasteiger partial charge >= 0.3 is 0 Å². The van der Waals surface area contributed by atoms with Crippen molar-refractivity contribution in [3.63, 3.8) is 0 Å². The Bertz CT molecular complexity index is 4090. The monoisotopic (exact) mass is 995 g/mol. The molecule has 4 aromatic heterocycles. The van der Waals surface area contributed by atoms with Gasteiger partial charge in [0.05, 0.1) is 39.1 Å². The molecule has 0 atom stereocenters. The summed E-state index contributed by atoms with van der Waals surface area (Å²) in [7, 11) is 0. The van der Waals surface area contributed by atoms with Crippen LogP contribution < -0.4 is 4.90 Å². The molecule has 7 heteroatoms. The van der Waals surface area contributed by atoms with Crippen LogP contribution in [0, 0.1) is 55.4 Å². The fourth-order valence-corrected chi connectivity index (χ4v) is 11.1. The first-order valence-corrected chi connectivity index (χ1v) is 26.4. The topological polar surface area (TPSA) is 64.7 Å². The van der Waals surface area contributed by atoms with Crippen molar-refractivity contribution in [2.45, 2.75) is 55.4 Å². The van der Waals surface area contributed by atoms with Crippen LogP contribution in [0.25, 0.3) is 100 Å². The number of hydrogen-bond donors (Lipinski definition) is 0. The van der Waals surface area contributed by atoms with Crippen LogP contribution in [0.4, 0.5) is 17.1 Å². The van der Waals surface area contributed by atoms with E-state index in [2.05, 4.69) is 202 Å². The van der Waals surface area contributed by atoms with Gasteiger partial charge in [-0.1, -0.05) is 72.8 Å². The van der Waals surface area contributed by atoms with Gasteiger partial charge < -0.3 is 14.0 Å². The molecule has 0 unspecified atom stereocenters. The molecular formula is C70H57N7. The van der Waals surface area contributed by atoms with Crippen molar-refractivity contribution in [3.05, 3.63) is 245 Å². The van der Waals surface area contributed by atoms with Crippen molar-refractivity contribution in [3.8, 4) is 56.7 Å². The van der Waals surface area contributed by atoms with Crippen LogP contribution in [0.2, 0.25) is 0 Å². The van der Waals surface area contributed by atoms with E-state index in [0.29, 0.717) is 17.5 Å². The molecule has 4 heterocycles. The molecule has 9 aromatic carbocycles. The zero-order valence-electron chi connectivity index (χ0n) is 44.7. The summed E-state index contributed by atoms with van der Waals surface area (Å²) in [6.45, 7) is 17.8. The molecule has 77 heavy (non-hydrogen) atoms. The highest BCUT2D eigenvalue weighted by atomic mass is 15.2. The van der Waals surface area contributed by atoms with Crippen molar-refractivity contribution in [1.29, 1.82) is 0 Å². The molecule has 13 rings (SSSR count). The lowest BCUT2D eigenvalue weighted by molar-refractivity contribution is 1.07. The zero-order valence-corrected chi connectivity index (χ0v) is 44.7. The van der Waals surface area contributed by atoms with Crippen LogP contribution in [-0.2, 0) is 0 Å². The smallest absolute Gasteiger partial charge is 0.164 e. The summed E-state index contributed by atoms with van der Waals surface area (Å²) in [5.41, 5.74) is 24.9. The summed E-state index contributed by atoms with van der Waals surface area (Å²) in [6.07, 6.45) is 3.70. The summed E-state index contributed by atoms with van der Waals surface area (Å²) in [6, 6.07) is 68.2. The number of anilines is 3. The lowest BCUT2D eigenvalue weighted by Crippen LogP contribution is -2.12. The summed E-state index contributed by atoms with van der Waals surface area (Å²) in [5.74, 6) is 1.85. The van der Waals surface area contributed by atoms with E-state index in [1.807, 2.05) is 73.1 Å². The van der Waals surface area contributed by atoms with Gasteiger partial charge in [-0.05, 0) is 226 Å². The molecule has 372 valence electrons.